The fraction of sp³-hybridized carbons (Fsp3) is 0.375. The highest BCUT2D eigenvalue weighted by Gasteiger charge is 2.35. The van der Waals surface area contributed by atoms with Gasteiger partial charge in [-0.15, -0.1) is 0 Å². The summed E-state index contributed by atoms with van der Waals surface area (Å²) in [4.78, 5) is 10.8. The van der Waals surface area contributed by atoms with E-state index in [1.807, 2.05) is 19.1 Å². The number of rotatable bonds is 1. The first kappa shape index (κ1) is 10.2. The molecular weight excluding hydrogens is 335 g/mol. The summed E-state index contributed by atoms with van der Waals surface area (Å²) in [6, 6.07) is 0. The largest absolute Gasteiger partial charge is 0.481 e. The van der Waals surface area contributed by atoms with Crippen molar-refractivity contribution in [3.05, 3.63) is 22.7 Å². The van der Waals surface area contributed by atoms with E-state index < -0.39 is 11.9 Å². The molecule has 66 valence electrons. The molecule has 2 atom stereocenters. The number of alkyl halides is 1. The lowest BCUT2D eigenvalue weighted by atomic mass is 9.90. The summed E-state index contributed by atoms with van der Waals surface area (Å²) in [5.41, 5.74) is 0. The molecule has 1 aliphatic rings. The monoisotopic (exact) mass is 342 g/mol. The predicted molar refractivity (Wildman–Crippen MR) is 59.7 cm³/mol. The average Bonchev–Trinajstić information content (AvgIpc) is 1.94. The van der Waals surface area contributed by atoms with Crippen molar-refractivity contribution >= 4 is 44.5 Å². The fourth-order valence-corrected chi connectivity index (χ4v) is 2.06. The summed E-state index contributed by atoms with van der Waals surface area (Å²) in [6.45, 7) is 1.90. The van der Waals surface area contributed by atoms with Gasteiger partial charge in [-0.25, -0.2) is 0 Å². The minimum atomic E-state index is -0.784. The van der Waals surface area contributed by atoms with E-state index in [-0.39, 0.29) is 3.42 Å². The average molecular weight is 343 g/mol. The van der Waals surface area contributed by atoms with Gasteiger partial charge >= 0.3 is 5.97 Å². The Labute approximate surface area is 93.0 Å². The Morgan fingerprint density at radius 1 is 1.83 bits per heavy atom. The standard InChI is InChI=1S/C8H8BrIO2/c1-8(10)3-2-5(9)4-6(8)7(11)12/h2-4,6H,1H3,(H,11,12). The molecule has 12 heavy (non-hydrogen) atoms. The summed E-state index contributed by atoms with van der Waals surface area (Å²) in [7, 11) is 0. The Morgan fingerprint density at radius 2 is 2.42 bits per heavy atom. The van der Waals surface area contributed by atoms with Crippen LogP contribution in [0, 0.1) is 5.92 Å². The molecule has 2 unspecified atom stereocenters. The van der Waals surface area contributed by atoms with E-state index in [4.69, 9.17) is 5.11 Å². The van der Waals surface area contributed by atoms with E-state index in [9.17, 15) is 4.79 Å². The summed E-state index contributed by atoms with van der Waals surface area (Å²) in [5, 5.41) is 8.89. The highest BCUT2D eigenvalue weighted by molar-refractivity contribution is 14.1. The van der Waals surface area contributed by atoms with E-state index in [1.54, 1.807) is 6.08 Å². The molecule has 4 heteroatoms. The molecule has 0 amide bonds. The zero-order chi connectivity index (χ0) is 9.35. The van der Waals surface area contributed by atoms with Gasteiger partial charge in [0, 0.05) is 4.48 Å². The number of aliphatic carboxylic acids is 1. The molecule has 1 aliphatic carbocycles. The second-order valence-corrected chi connectivity index (χ2v) is 6.09. The Morgan fingerprint density at radius 3 is 2.83 bits per heavy atom. The smallest absolute Gasteiger partial charge is 0.312 e. The third-order valence-corrected chi connectivity index (χ3v) is 3.33. The quantitative estimate of drug-likeness (QED) is 0.587. The van der Waals surface area contributed by atoms with Crippen molar-refractivity contribution in [3.63, 3.8) is 0 Å². The third kappa shape index (κ3) is 2.10. The minimum Gasteiger partial charge on any atom is -0.481 e. The van der Waals surface area contributed by atoms with Gasteiger partial charge in [0.15, 0.2) is 0 Å². The van der Waals surface area contributed by atoms with Crippen molar-refractivity contribution in [1.82, 2.24) is 0 Å². The number of halogens is 2. The van der Waals surface area contributed by atoms with E-state index in [0.29, 0.717) is 0 Å². The van der Waals surface area contributed by atoms with E-state index in [0.717, 1.165) is 4.48 Å². The molecule has 0 saturated heterocycles. The van der Waals surface area contributed by atoms with Gasteiger partial charge in [0.25, 0.3) is 0 Å². The number of hydrogen-bond acceptors (Lipinski definition) is 1. The van der Waals surface area contributed by atoms with Crippen LogP contribution in [0.2, 0.25) is 0 Å². The van der Waals surface area contributed by atoms with Crippen LogP contribution in [0.4, 0.5) is 0 Å². The third-order valence-electron chi connectivity index (χ3n) is 1.77. The Bertz CT molecular complexity index is 268. The zero-order valence-electron chi connectivity index (χ0n) is 6.42. The molecule has 2 nitrogen and oxygen atoms in total. The zero-order valence-corrected chi connectivity index (χ0v) is 10.2. The lowest BCUT2D eigenvalue weighted by Gasteiger charge is -2.26. The first-order valence-electron chi connectivity index (χ1n) is 3.42. The molecule has 0 radical (unpaired) electrons. The second-order valence-electron chi connectivity index (χ2n) is 2.85. The van der Waals surface area contributed by atoms with Crippen LogP contribution < -0.4 is 0 Å². The van der Waals surface area contributed by atoms with Crippen molar-refractivity contribution in [2.75, 3.05) is 0 Å². The molecule has 0 saturated carbocycles. The lowest BCUT2D eigenvalue weighted by molar-refractivity contribution is -0.140. The number of allylic oxidation sites excluding steroid dienone is 3. The highest BCUT2D eigenvalue weighted by Crippen LogP contribution is 2.36. The number of carboxylic acid groups (broad SMARTS) is 1. The van der Waals surface area contributed by atoms with E-state index >= 15 is 0 Å². The molecule has 0 aromatic heterocycles. The van der Waals surface area contributed by atoms with Gasteiger partial charge in [-0.3, -0.25) is 4.79 Å². The molecule has 0 bridgehead atoms. The number of carbonyl (C=O) groups is 1. The van der Waals surface area contributed by atoms with Gasteiger partial charge < -0.3 is 5.11 Å². The number of carboxylic acids is 1. The van der Waals surface area contributed by atoms with E-state index in [2.05, 4.69) is 38.5 Å². The molecule has 1 rings (SSSR count). The molecule has 0 spiro atoms. The van der Waals surface area contributed by atoms with E-state index in [1.165, 1.54) is 0 Å². The fourth-order valence-electron chi connectivity index (χ4n) is 1.04. The first-order chi connectivity index (χ1) is 5.43. The highest BCUT2D eigenvalue weighted by atomic mass is 127. The molecule has 0 aliphatic heterocycles. The summed E-state index contributed by atoms with van der Waals surface area (Å²) < 4.78 is 0.518. The van der Waals surface area contributed by atoms with Crippen LogP contribution in [0.3, 0.4) is 0 Å². The SMILES string of the molecule is CC1(I)C=CC(Br)=CC1C(=O)O. The molecule has 0 aromatic carbocycles. The van der Waals surface area contributed by atoms with Gasteiger partial charge in [0.2, 0.25) is 0 Å². The van der Waals surface area contributed by atoms with Crippen LogP contribution in [0.5, 0.6) is 0 Å². The normalized spacial score (nSPS) is 34.6. The molecule has 1 N–H and O–H groups in total. The maximum absolute atomic E-state index is 10.8. The minimum absolute atomic E-state index is 0.319. The Hall–Kier alpha value is 0.160. The second kappa shape index (κ2) is 3.49. The van der Waals surface area contributed by atoms with Gasteiger partial charge in [0.05, 0.1) is 9.34 Å². The van der Waals surface area contributed by atoms with Gasteiger partial charge in [-0.2, -0.15) is 0 Å². The number of hydrogen-bond donors (Lipinski definition) is 1. The molecular formula is C8H8BrIO2. The summed E-state index contributed by atoms with van der Waals surface area (Å²) in [5.74, 6) is -1.23. The van der Waals surface area contributed by atoms with Gasteiger partial charge in [-0.05, 0) is 6.92 Å². The summed E-state index contributed by atoms with van der Waals surface area (Å²) >= 11 is 5.40. The lowest BCUT2D eigenvalue weighted by Crippen LogP contribution is -2.32. The first-order valence-corrected chi connectivity index (χ1v) is 5.29. The van der Waals surface area contributed by atoms with Crippen LogP contribution in [0.25, 0.3) is 0 Å². The van der Waals surface area contributed by atoms with Crippen LogP contribution >= 0.6 is 38.5 Å². The topological polar surface area (TPSA) is 37.3 Å². The predicted octanol–water partition coefficient (Wildman–Crippen LogP) is 2.73. The van der Waals surface area contributed by atoms with Crippen molar-refractivity contribution in [1.29, 1.82) is 0 Å². The summed E-state index contributed by atoms with van der Waals surface area (Å²) in [6.07, 6.45) is 5.50. The van der Waals surface area contributed by atoms with Crippen molar-refractivity contribution in [2.24, 2.45) is 5.92 Å². The van der Waals surface area contributed by atoms with Crippen LogP contribution in [-0.4, -0.2) is 14.5 Å². The van der Waals surface area contributed by atoms with Crippen LogP contribution in [0.1, 0.15) is 6.92 Å². The maximum atomic E-state index is 10.8. The van der Waals surface area contributed by atoms with Crippen LogP contribution in [0.15, 0.2) is 22.7 Å². The maximum Gasteiger partial charge on any atom is 0.312 e. The molecule has 0 fully saturated rings. The Kier molecular flexibility index (Phi) is 2.98. The Balaban J connectivity index is 2.98. The molecule has 0 heterocycles. The van der Waals surface area contributed by atoms with Crippen molar-refractivity contribution in [3.8, 4) is 0 Å². The van der Waals surface area contributed by atoms with Gasteiger partial charge in [0.1, 0.15) is 0 Å². The van der Waals surface area contributed by atoms with Gasteiger partial charge in [-0.1, -0.05) is 56.7 Å². The van der Waals surface area contributed by atoms with Crippen molar-refractivity contribution in [2.45, 2.75) is 10.3 Å². The molecule has 0 aromatic rings. The van der Waals surface area contributed by atoms with Crippen molar-refractivity contribution < 1.29 is 9.90 Å². The van der Waals surface area contributed by atoms with Crippen LogP contribution in [-0.2, 0) is 4.79 Å².